The second-order valence-corrected chi connectivity index (χ2v) is 8.32. The fourth-order valence-electron chi connectivity index (χ4n) is 4.49. The Morgan fingerprint density at radius 1 is 0.865 bits per heavy atom. The summed E-state index contributed by atoms with van der Waals surface area (Å²) in [6.07, 6.45) is 0. The van der Waals surface area contributed by atoms with Crippen molar-refractivity contribution in [1.82, 2.24) is 4.90 Å². The smallest absolute Gasteiger partial charge is 0.295 e. The lowest BCUT2D eigenvalue weighted by molar-refractivity contribution is -0.140. The van der Waals surface area contributed by atoms with Gasteiger partial charge in [0.05, 0.1) is 39.6 Å². The Bertz CT molecular complexity index is 1310. The number of benzene rings is 3. The third kappa shape index (κ3) is 4.95. The molecule has 0 saturated carbocycles. The van der Waals surface area contributed by atoms with Gasteiger partial charge in [0.15, 0.2) is 0 Å². The normalized spacial score (nSPS) is 16.5. The summed E-state index contributed by atoms with van der Waals surface area (Å²) in [5, 5.41) is 11.5. The van der Waals surface area contributed by atoms with Crippen LogP contribution >= 0.6 is 0 Å². The molecule has 3 aromatic rings. The predicted molar refractivity (Wildman–Crippen MR) is 138 cm³/mol. The van der Waals surface area contributed by atoms with Gasteiger partial charge in [-0.3, -0.25) is 9.59 Å². The lowest BCUT2D eigenvalue weighted by Gasteiger charge is -2.26. The molecule has 1 amide bonds. The fourth-order valence-corrected chi connectivity index (χ4v) is 4.49. The van der Waals surface area contributed by atoms with Gasteiger partial charge in [-0.05, 0) is 54.4 Å². The molecule has 0 aliphatic carbocycles. The van der Waals surface area contributed by atoms with Crippen LogP contribution in [-0.4, -0.2) is 49.6 Å². The van der Waals surface area contributed by atoms with Gasteiger partial charge in [0.1, 0.15) is 34.3 Å². The summed E-state index contributed by atoms with van der Waals surface area (Å²) in [4.78, 5) is 28.3. The largest absolute Gasteiger partial charge is 0.506 e. The fraction of sp³-hybridized carbons (Fsp3) is 0.241. The minimum atomic E-state index is -0.865. The average molecular weight is 504 g/mol. The minimum absolute atomic E-state index is 0.0565. The van der Waals surface area contributed by atoms with Gasteiger partial charge in [-0.2, -0.15) is 0 Å². The van der Waals surface area contributed by atoms with Crippen LogP contribution in [0.4, 0.5) is 0 Å². The summed E-state index contributed by atoms with van der Waals surface area (Å²) < 4.78 is 21.8. The maximum absolute atomic E-state index is 13.5. The van der Waals surface area contributed by atoms with Crippen molar-refractivity contribution >= 4 is 17.4 Å². The average Bonchev–Trinajstić information content (AvgIpc) is 3.17. The van der Waals surface area contributed by atoms with Crippen LogP contribution in [-0.2, 0) is 16.1 Å². The maximum atomic E-state index is 13.5. The number of ketones is 1. The predicted octanol–water partition coefficient (Wildman–Crippen LogP) is 4.73. The van der Waals surface area contributed by atoms with E-state index in [2.05, 4.69) is 0 Å². The molecule has 192 valence electrons. The molecule has 4 rings (SSSR count). The Morgan fingerprint density at radius 2 is 1.51 bits per heavy atom. The SMILES string of the molecule is CCOc1cccc(CN2C(=O)C(=O)/C(=C(/O)c3c(OC)cccc3OC)C2c2ccc(OC)cc2)c1. The molecule has 1 heterocycles. The molecule has 0 spiro atoms. The summed E-state index contributed by atoms with van der Waals surface area (Å²) in [6, 6.07) is 18.5. The molecule has 8 nitrogen and oxygen atoms in total. The van der Waals surface area contributed by atoms with E-state index in [4.69, 9.17) is 18.9 Å². The van der Waals surface area contributed by atoms with E-state index in [0.717, 1.165) is 5.56 Å². The first kappa shape index (κ1) is 25.6. The van der Waals surface area contributed by atoms with E-state index in [0.29, 0.717) is 35.2 Å². The van der Waals surface area contributed by atoms with Crippen molar-refractivity contribution in [2.45, 2.75) is 19.5 Å². The third-order valence-electron chi connectivity index (χ3n) is 6.20. The van der Waals surface area contributed by atoms with Crippen molar-refractivity contribution in [3.05, 3.63) is 89.0 Å². The summed E-state index contributed by atoms with van der Waals surface area (Å²) in [6.45, 7) is 2.52. The number of ether oxygens (including phenoxy) is 4. The highest BCUT2D eigenvalue weighted by Gasteiger charge is 2.46. The summed E-state index contributed by atoms with van der Waals surface area (Å²) in [5.41, 5.74) is 1.55. The number of Topliss-reactive ketones (excluding diaryl/α,β-unsaturated/α-hetero) is 1. The van der Waals surface area contributed by atoms with Gasteiger partial charge < -0.3 is 29.0 Å². The molecular weight excluding hydrogens is 474 g/mol. The zero-order chi connectivity index (χ0) is 26.5. The van der Waals surface area contributed by atoms with E-state index in [9.17, 15) is 14.7 Å². The highest BCUT2D eigenvalue weighted by Crippen LogP contribution is 2.44. The Balaban J connectivity index is 1.89. The molecule has 1 aliphatic heterocycles. The molecule has 1 fully saturated rings. The van der Waals surface area contributed by atoms with Crippen LogP contribution in [0.1, 0.15) is 29.7 Å². The number of carbonyl (C=O) groups excluding carboxylic acids is 2. The Hall–Kier alpha value is -4.46. The molecule has 1 unspecified atom stereocenters. The quantitative estimate of drug-likeness (QED) is 0.256. The van der Waals surface area contributed by atoms with Crippen LogP contribution < -0.4 is 18.9 Å². The van der Waals surface area contributed by atoms with Crippen LogP contribution in [0.25, 0.3) is 5.76 Å². The number of hydrogen-bond donors (Lipinski definition) is 1. The van der Waals surface area contributed by atoms with Gasteiger partial charge in [0.2, 0.25) is 0 Å². The number of nitrogens with zero attached hydrogens (tertiary/aromatic N) is 1. The van der Waals surface area contributed by atoms with Crippen molar-refractivity contribution in [2.24, 2.45) is 0 Å². The van der Waals surface area contributed by atoms with E-state index in [1.807, 2.05) is 31.2 Å². The van der Waals surface area contributed by atoms with Crippen LogP contribution in [0.2, 0.25) is 0 Å². The van der Waals surface area contributed by atoms with E-state index in [1.165, 1.54) is 19.1 Å². The topological polar surface area (TPSA) is 94.5 Å². The number of rotatable bonds is 9. The second-order valence-electron chi connectivity index (χ2n) is 8.32. The monoisotopic (exact) mass is 503 g/mol. The number of methoxy groups -OCH3 is 3. The zero-order valence-electron chi connectivity index (χ0n) is 21.2. The standard InChI is InChI=1S/C29H29NO7/c1-5-37-21-9-6-8-18(16-21)17-30-26(19-12-14-20(34-2)15-13-19)25(28(32)29(30)33)27(31)24-22(35-3)10-7-11-23(24)36-4/h6-16,26,31H,5,17H2,1-4H3/b27-25+. The highest BCUT2D eigenvalue weighted by molar-refractivity contribution is 6.46. The highest BCUT2D eigenvalue weighted by atomic mass is 16.5. The van der Waals surface area contributed by atoms with Gasteiger partial charge in [-0.1, -0.05) is 30.3 Å². The Labute approximate surface area is 215 Å². The number of hydrogen-bond acceptors (Lipinski definition) is 7. The second kappa shape index (κ2) is 11.1. The van der Waals surface area contributed by atoms with E-state index < -0.39 is 17.7 Å². The number of amides is 1. The van der Waals surface area contributed by atoms with Crippen molar-refractivity contribution in [3.63, 3.8) is 0 Å². The van der Waals surface area contributed by atoms with E-state index >= 15 is 0 Å². The Morgan fingerprint density at radius 3 is 2.11 bits per heavy atom. The molecule has 1 N–H and O–H groups in total. The zero-order valence-corrected chi connectivity index (χ0v) is 21.2. The Kier molecular flexibility index (Phi) is 7.67. The molecule has 1 aliphatic rings. The molecule has 1 atom stereocenters. The lowest BCUT2D eigenvalue weighted by atomic mass is 9.94. The molecule has 0 bridgehead atoms. The van der Waals surface area contributed by atoms with Crippen molar-refractivity contribution < 1.29 is 33.6 Å². The molecule has 0 radical (unpaired) electrons. The molecular formula is C29H29NO7. The van der Waals surface area contributed by atoms with Crippen LogP contribution in [0.5, 0.6) is 23.0 Å². The molecule has 3 aromatic carbocycles. The molecule has 0 aromatic heterocycles. The van der Waals surface area contributed by atoms with Crippen molar-refractivity contribution in [1.29, 1.82) is 0 Å². The molecule has 1 saturated heterocycles. The summed E-state index contributed by atoms with van der Waals surface area (Å²) in [7, 11) is 4.47. The van der Waals surface area contributed by atoms with Crippen LogP contribution in [0.15, 0.2) is 72.3 Å². The van der Waals surface area contributed by atoms with Gasteiger partial charge in [0.25, 0.3) is 11.7 Å². The lowest BCUT2D eigenvalue weighted by Crippen LogP contribution is -2.29. The first-order chi connectivity index (χ1) is 17.9. The summed E-state index contributed by atoms with van der Waals surface area (Å²) in [5.74, 6) is -0.000863. The molecule has 37 heavy (non-hydrogen) atoms. The van der Waals surface area contributed by atoms with E-state index in [-0.39, 0.29) is 23.4 Å². The first-order valence-corrected chi connectivity index (χ1v) is 11.8. The maximum Gasteiger partial charge on any atom is 0.295 e. The number of likely N-dealkylation sites (tertiary alicyclic amines) is 1. The van der Waals surface area contributed by atoms with Crippen molar-refractivity contribution in [2.75, 3.05) is 27.9 Å². The summed E-state index contributed by atoms with van der Waals surface area (Å²) >= 11 is 0. The molecule has 8 heteroatoms. The van der Waals surface area contributed by atoms with Gasteiger partial charge in [-0.25, -0.2) is 0 Å². The van der Waals surface area contributed by atoms with Gasteiger partial charge >= 0.3 is 0 Å². The van der Waals surface area contributed by atoms with Crippen LogP contribution in [0, 0.1) is 0 Å². The minimum Gasteiger partial charge on any atom is -0.506 e. The third-order valence-corrected chi connectivity index (χ3v) is 6.20. The van der Waals surface area contributed by atoms with Crippen molar-refractivity contribution in [3.8, 4) is 23.0 Å². The van der Waals surface area contributed by atoms with Gasteiger partial charge in [-0.15, -0.1) is 0 Å². The van der Waals surface area contributed by atoms with Gasteiger partial charge in [0, 0.05) is 6.54 Å². The van der Waals surface area contributed by atoms with Crippen LogP contribution in [0.3, 0.4) is 0 Å². The number of aliphatic hydroxyl groups is 1. The number of carbonyl (C=O) groups is 2. The number of aliphatic hydroxyl groups excluding tert-OH is 1. The first-order valence-electron chi connectivity index (χ1n) is 11.8. The van der Waals surface area contributed by atoms with E-state index in [1.54, 1.807) is 49.6 Å².